The molecule has 4 heteroatoms. The highest BCUT2D eigenvalue weighted by Crippen LogP contribution is 2.11. The van der Waals surface area contributed by atoms with Crippen LogP contribution in [0, 0.1) is 17.8 Å². The Balaban J connectivity index is 3.84. The van der Waals surface area contributed by atoms with Crippen LogP contribution in [0.15, 0.2) is 0 Å². The lowest BCUT2D eigenvalue weighted by Gasteiger charge is -2.15. The summed E-state index contributed by atoms with van der Waals surface area (Å²) in [6, 6.07) is 0. The third kappa shape index (κ3) is 5.73. The third-order valence-electron chi connectivity index (χ3n) is 2.81. The van der Waals surface area contributed by atoms with E-state index in [4.69, 9.17) is 5.11 Å². The number of carbonyl (C=O) groups is 2. The fourth-order valence-corrected chi connectivity index (χ4v) is 1.32. The first kappa shape index (κ1) is 14.9. The number of carboxylic acid groups (broad SMARTS) is 1. The van der Waals surface area contributed by atoms with E-state index in [1.807, 2.05) is 0 Å². The molecule has 4 nitrogen and oxygen atoms in total. The molecule has 0 heterocycles. The molecule has 0 saturated carbocycles. The number of carboxylic acids is 1. The van der Waals surface area contributed by atoms with Crippen LogP contribution < -0.4 is 5.32 Å². The van der Waals surface area contributed by atoms with E-state index < -0.39 is 17.8 Å². The van der Waals surface area contributed by atoms with Gasteiger partial charge >= 0.3 is 5.97 Å². The zero-order chi connectivity index (χ0) is 12.7. The van der Waals surface area contributed by atoms with E-state index in [0.29, 0.717) is 12.5 Å². The molecule has 0 aromatic heterocycles. The molecule has 0 saturated heterocycles. The van der Waals surface area contributed by atoms with E-state index >= 15 is 0 Å². The van der Waals surface area contributed by atoms with Crippen molar-refractivity contribution in [3.05, 3.63) is 0 Å². The molecule has 16 heavy (non-hydrogen) atoms. The van der Waals surface area contributed by atoms with Crippen LogP contribution in [0.4, 0.5) is 0 Å². The molecule has 0 radical (unpaired) electrons. The largest absolute Gasteiger partial charge is 0.481 e. The molecule has 2 N–H and O–H groups in total. The van der Waals surface area contributed by atoms with Crippen LogP contribution in [0.3, 0.4) is 0 Å². The average Bonchev–Trinajstić information content (AvgIpc) is 2.21. The molecule has 94 valence electrons. The predicted molar refractivity (Wildman–Crippen MR) is 63.0 cm³/mol. The van der Waals surface area contributed by atoms with E-state index in [9.17, 15) is 9.59 Å². The molecule has 2 unspecified atom stereocenters. The summed E-state index contributed by atoms with van der Waals surface area (Å²) >= 11 is 0. The van der Waals surface area contributed by atoms with Gasteiger partial charge < -0.3 is 10.4 Å². The molecule has 0 aromatic carbocycles. The van der Waals surface area contributed by atoms with Crippen molar-refractivity contribution in [1.29, 1.82) is 0 Å². The number of carbonyl (C=O) groups excluding carboxylic acids is 1. The molecule has 0 rings (SSSR count). The highest BCUT2D eigenvalue weighted by molar-refractivity contribution is 5.84. The zero-order valence-electron chi connectivity index (χ0n) is 10.6. The van der Waals surface area contributed by atoms with Gasteiger partial charge in [-0.15, -0.1) is 0 Å². The maximum Gasteiger partial charge on any atom is 0.307 e. The summed E-state index contributed by atoms with van der Waals surface area (Å²) in [5.74, 6) is -1.57. The first-order valence-electron chi connectivity index (χ1n) is 5.86. The van der Waals surface area contributed by atoms with Gasteiger partial charge in [0.05, 0.1) is 5.92 Å². The SMILES string of the molecule is CC(C)CCCNC(=O)C(C)C(C)C(=O)O. The number of rotatable bonds is 7. The second kappa shape index (κ2) is 7.25. The van der Waals surface area contributed by atoms with Crippen LogP contribution in [0.1, 0.15) is 40.5 Å². The molecule has 1 amide bonds. The fraction of sp³-hybridized carbons (Fsp3) is 0.833. The number of hydrogen-bond acceptors (Lipinski definition) is 2. The number of nitrogens with one attached hydrogen (secondary N) is 1. The predicted octanol–water partition coefficient (Wildman–Crippen LogP) is 1.90. The van der Waals surface area contributed by atoms with Gasteiger partial charge in [-0.2, -0.15) is 0 Å². The van der Waals surface area contributed by atoms with Crippen molar-refractivity contribution in [3.63, 3.8) is 0 Å². The lowest BCUT2D eigenvalue weighted by atomic mass is 9.95. The Bertz CT molecular complexity index is 238. The molecule has 2 atom stereocenters. The van der Waals surface area contributed by atoms with Crippen molar-refractivity contribution in [2.45, 2.75) is 40.5 Å². The summed E-state index contributed by atoms with van der Waals surface area (Å²) in [4.78, 5) is 22.2. The topological polar surface area (TPSA) is 66.4 Å². The van der Waals surface area contributed by atoms with Crippen LogP contribution in [0.2, 0.25) is 0 Å². The summed E-state index contributed by atoms with van der Waals surface area (Å²) in [6.45, 7) is 8.11. The van der Waals surface area contributed by atoms with Crippen molar-refractivity contribution in [2.24, 2.45) is 17.8 Å². The molecule has 0 fully saturated rings. The quantitative estimate of drug-likeness (QED) is 0.655. The smallest absolute Gasteiger partial charge is 0.307 e. The van der Waals surface area contributed by atoms with Gasteiger partial charge in [0.2, 0.25) is 5.91 Å². The number of amides is 1. The lowest BCUT2D eigenvalue weighted by Crippen LogP contribution is -2.35. The first-order chi connectivity index (χ1) is 7.36. The number of aliphatic carboxylic acids is 1. The van der Waals surface area contributed by atoms with E-state index in [1.54, 1.807) is 13.8 Å². The minimum atomic E-state index is -0.926. The van der Waals surface area contributed by atoms with Crippen molar-refractivity contribution >= 4 is 11.9 Å². The number of hydrogen-bond donors (Lipinski definition) is 2. The van der Waals surface area contributed by atoms with E-state index in [0.717, 1.165) is 12.8 Å². The second-order valence-corrected chi connectivity index (χ2v) is 4.74. The fourth-order valence-electron chi connectivity index (χ4n) is 1.32. The van der Waals surface area contributed by atoms with E-state index in [2.05, 4.69) is 19.2 Å². The summed E-state index contributed by atoms with van der Waals surface area (Å²) in [5, 5.41) is 11.5. The highest BCUT2D eigenvalue weighted by Gasteiger charge is 2.25. The molecule has 0 aliphatic carbocycles. The third-order valence-corrected chi connectivity index (χ3v) is 2.81. The standard InChI is InChI=1S/C12H23NO3/c1-8(2)6-5-7-13-11(14)9(3)10(4)12(15)16/h8-10H,5-7H2,1-4H3,(H,13,14)(H,15,16). The molecular weight excluding hydrogens is 206 g/mol. The monoisotopic (exact) mass is 229 g/mol. The summed E-state index contributed by atoms with van der Waals surface area (Å²) in [6.07, 6.45) is 2.01. The summed E-state index contributed by atoms with van der Waals surface area (Å²) < 4.78 is 0. The molecule has 0 aliphatic heterocycles. The Kier molecular flexibility index (Phi) is 6.77. The average molecular weight is 229 g/mol. The Morgan fingerprint density at radius 3 is 2.12 bits per heavy atom. The molecule has 0 bridgehead atoms. The van der Waals surface area contributed by atoms with Gasteiger partial charge in [-0.25, -0.2) is 0 Å². The molecule has 0 spiro atoms. The van der Waals surface area contributed by atoms with Crippen molar-refractivity contribution in [3.8, 4) is 0 Å². The van der Waals surface area contributed by atoms with Crippen LogP contribution in [-0.2, 0) is 9.59 Å². The minimum Gasteiger partial charge on any atom is -0.481 e. The Morgan fingerprint density at radius 1 is 1.12 bits per heavy atom. The molecule has 0 aromatic rings. The molecule has 0 aliphatic rings. The van der Waals surface area contributed by atoms with Gasteiger partial charge in [-0.05, 0) is 18.8 Å². The van der Waals surface area contributed by atoms with Gasteiger partial charge in [0.1, 0.15) is 0 Å². The highest BCUT2D eigenvalue weighted by atomic mass is 16.4. The first-order valence-corrected chi connectivity index (χ1v) is 5.86. The van der Waals surface area contributed by atoms with E-state index in [-0.39, 0.29) is 5.91 Å². The Morgan fingerprint density at radius 2 is 1.69 bits per heavy atom. The normalized spacial score (nSPS) is 14.6. The van der Waals surface area contributed by atoms with Gasteiger partial charge in [-0.1, -0.05) is 27.7 Å². The summed E-state index contributed by atoms with van der Waals surface area (Å²) in [5.41, 5.74) is 0. The zero-order valence-corrected chi connectivity index (χ0v) is 10.6. The Labute approximate surface area is 97.4 Å². The lowest BCUT2D eigenvalue weighted by molar-refractivity contribution is -0.146. The maximum atomic E-state index is 11.6. The second-order valence-electron chi connectivity index (χ2n) is 4.74. The van der Waals surface area contributed by atoms with E-state index in [1.165, 1.54) is 0 Å². The van der Waals surface area contributed by atoms with Crippen LogP contribution >= 0.6 is 0 Å². The van der Waals surface area contributed by atoms with Gasteiger partial charge in [0.15, 0.2) is 0 Å². The summed E-state index contributed by atoms with van der Waals surface area (Å²) in [7, 11) is 0. The van der Waals surface area contributed by atoms with Crippen LogP contribution in [-0.4, -0.2) is 23.5 Å². The molecular formula is C12H23NO3. The minimum absolute atomic E-state index is 0.168. The van der Waals surface area contributed by atoms with Crippen LogP contribution in [0.5, 0.6) is 0 Å². The van der Waals surface area contributed by atoms with Gasteiger partial charge in [0, 0.05) is 12.5 Å². The van der Waals surface area contributed by atoms with Crippen LogP contribution in [0.25, 0.3) is 0 Å². The van der Waals surface area contributed by atoms with Crippen molar-refractivity contribution < 1.29 is 14.7 Å². The maximum absolute atomic E-state index is 11.6. The van der Waals surface area contributed by atoms with Gasteiger partial charge in [-0.3, -0.25) is 9.59 Å². The van der Waals surface area contributed by atoms with Crippen molar-refractivity contribution in [1.82, 2.24) is 5.32 Å². The Hall–Kier alpha value is -1.06. The van der Waals surface area contributed by atoms with Gasteiger partial charge in [0.25, 0.3) is 0 Å². The van der Waals surface area contributed by atoms with Crippen molar-refractivity contribution in [2.75, 3.05) is 6.54 Å².